The highest BCUT2D eigenvalue weighted by Gasteiger charge is 2.43. The number of hydrogen-bond donors (Lipinski definition) is 1. The number of hydrogen-bond acceptors (Lipinski definition) is 2. The third kappa shape index (κ3) is 5.56. The van der Waals surface area contributed by atoms with Gasteiger partial charge in [-0.25, -0.2) is 0 Å². The second kappa shape index (κ2) is 10.6. The van der Waals surface area contributed by atoms with Crippen LogP contribution in [0.1, 0.15) is 97.8 Å². The molecule has 2 heteroatoms. The van der Waals surface area contributed by atoms with Crippen LogP contribution in [0.5, 0.6) is 0 Å². The Balaban J connectivity index is 2.32. The van der Waals surface area contributed by atoms with Gasteiger partial charge >= 0.3 is 0 Å². The minimum Gasteiger partial charge on any atom is -0.391 e. The maximum atomic E-state index is 10.8. The molecule has 0 aromatic heterocycles. The van der Waals surface area contributed by atoms with Gasteiger partial charge < -0.3 is 5.11 Å². The number of rotatable bonds is 12. The van der Waals surface area contributed by atoms with Crippen molar-refractivity contribution >= 4 is 0 Å². The lowest BCUT2D eigenvalue weighted by molar-refractivity contribution is -0.0301. The fraction of sp³-hybridized carbons (Fsp3) is 1.00. The summed E-state index contributed by atoms with van der Waals surface area (Å²) in [4.78, 5) is 2.53. The molecule has 0 aromatic rings. The van der Waals surface area contributed by atoms with Crippen LogP contribution in [-0.4, -0.2) is 34.7 Å². The van der Waals surface area contributed by atoms with Crippen molar-refractivity contribution < 1.29 is 5.11 Å². The van der Waals surface area contributed by atoms with Crippen LogP contribution in [0, 0.1) is 0 Å². The molecule has 0 spiro atoms. The number of aliphatic hydroxyl groups excluding tert-OH is 1. The molecular weight excluding hydrogens is 258 g/mol. The van der Waals surface area contributed by atoms with E-state index in [0.29, 0.717) is 0 Å². The third-order valence-corrected chi connectivity index (χ3v) is 5.56. The lowest BCUT2D eigenvalue weighted by Gasteiger charge is -2.44. The molecule has 0 saturated heterocycles. The number of aliphatic hydroxyl groups is 1. The van der Waals surface area contributed by atoms with Crippen LogP contribution in [-0.2, 0) is 0 Å². The van der Waals surface area contributed by atoms with Crippen LogP contribution < -0.4 is 0 Å². The smallest absolute Gasteiger partial charge is 0.0723 e. The molecule has 21 heavy (non-hydrogen) atoms. The monoisotopic (exact) mass is 297 g/mol. The summed E-state index contributed by atoms with van der Waals surface area (Å²) >= 11 is 0. The lowest BCUT2D eigenvalue weighted by atomic mass is 9.85. The van der Waals surface area contributed by atoms with E-state index in [9.17, 15) is 5.11 Å². The van der Waals surface area contributed by atoms with Crippen LogP contribution in [0.15, 0.2) is 0 Å². The van der Waals surface area contributed by atoms with Crippen LogP contribution in [0.4, 0.5) is 0 Å². The van der Waals surface area contributed by atoms with Crippen molar-refractivity contribution in [3.63, 3.8) is 0 Å². The van der Waals surface area contributed by atoms with Crippen LogP contribution in [0.2, 0.25) is 0 Å². The topological polar surface area (TPSA) is 23.5 Å². The molecule has 0 radical (unpaired) electrons. The maximum absolute atomic E-state index is 10.8. The highest BCUT2D eigenvalue weighted by atomic mass is 16.3. The Morgan fingerprint density at radius 2 is 1.38 bits per heavy atom. The van der Waals surface area contributed by atoms with Gasteiger partial charge in [0.2, 0.25) is 0 Å². The Kier molecular flexibility index (Phi) is 9.59. The average molecular weight is 298 g/mol. The second-order valence-electron chi connectivity index (χ2n) is 6.91. The van der Waals surface area contributed by atoms with Gasteiger partial charge in [0.05, 0.1) is 6.10 Å². The predicted octanol–water partition coefficient (Wildman–Crippen LogP) is 5.14. The summed E-state index contributed by atoms with van der Waals surface area (Å²) in [5.74, 6) is 0. The van der Waals surface area contributed by atoms with Crippen molar-refractivity contribution in [2.45, 2.75) is 109 Å². The van der Waals surface area contributed by atoms with E-state index in [-0.39, 0.29) is 11.6 Å². The molecule has 1 aliphatic rings. The van der Waals surface area contributed by atoms with Crippen molar-refractivity contribution in [3.05, 3.63) is 0 Å². The van der Waals surface area contributed by atoms with Gasteiger partial charge in [0.25, 0.3) is 0 Å². The first kappa shape index (κ1) is 19.0. The molecule has 1 N–H and O–H groups in total. The van der Waals surface area contributed by atoms with Crippen molar-refractivity contribution in [1.29, 1.82) is 0 Å². The van der Waals surface area contributed by atoms with Gasteiger partial charge in [-0.3, -0.25) is 4.90 Å². The number of nitrogens with zero attached hydrogens (tertiary/aromatic N) is 1. The van der Waals surface area contributed by atoms with Gasteiger partial charge in [-0.2, -0.15) is 0 Å². The minimum atomic E-state index is -0.115. The lowest BCUT2D eigenvalue weighted by Crippen LogP contribution is -2.54. The molecule has 126 valence electrons. The van der Waals surface area contributed by atoms with Crippen molar-refractivity contribution in [1.82, 2.24) is 4.90 Å². The number of likely N-dealkylation sites (N-methyl/N-ethyl adjacent to an activating group) is 1. The minimum absolute atomic E-state index is 0.103. The summed E-state index contributed by atoms with van der Waals surface area (Å²) in [6, 6.07) is 0. The SMILES string of the molecule is CCCCCCCCCC(O)C1(N(CC)CC)CCCC1. The maximum Gasteiger partial charge on any atom is 0.0723 e. The molecular formula is C19H39NO. The Bertz CT molecular complexity index is 244. The van der Waals surface area contributed by atoms with E-state index in [1.165, 1.54) is 70.6 Å². The molecule has 1 aliphatic carbocycles. The van der Waals surface area contributed by atoms with Gasteiger partial charge in [-0.05, 0) is 32.4 Å². The first-order valence-corrected chi connectivity index (χ1v) is 9.64. The molecule has 2 nitrogen and oxygen atoms in total. The molecule has 1 unspecified atom stereocenters. The molecule has 1 saturated carbocycles. The van der Waals surface area contributed by atoms with E-state index in [1.54, 1.807) is 0 Å². The first-order valence-electron chi connectivity index (χ1n) is 9.64. The second-order valence-corrected chi connectivity index (χ2v) is 6.91. The number of unbranched alkanes of at least 4 members (excludes halogenated alkanes) is 6. The molecule has 0 aliphatic heterocycles. The summed E-state index contributed by atoms with van der Waals surface area (Å²) < 4.78 is 0. The van der Waals surface area contributed by atoms with E-state index in [0.717, 1.165) is 19.5 Å². The summed E-state index contributed by atoms with van der Waals surface area (Å²) in [7, 11) is 0. The average Bonchev–Trinajstić information content (AvgIpc) is 2.98. The van der Waals surface area contributed by atoms with E-state index in [2.05, 4.69) is 25.7 Å². The van der Waals surface area contributed by atoms with Gasteiger partial charge in [0.15, 0.2) is 0 Å². The Morgan fingerprint density at radius 3 is 1.90 bits per heavy atom. The zero-order chi connectivity index (χ0) is 15.6. The molecule has 1 rings (SSSR count). The molecule has 0 heterocycles. The van der Waals surface area contributed by atoms with Crippen LogP contribution in [0.3, 0.4) is 0 Å². The summed E-state index contributed by atoms with van der Waals surface area (Å²) in [6.07, 6.45) is 15.2. The Labute approximate surface area is 133 Å². The predicted molar refractivity (Wildman–Crippen MR) is 92.7 cm³/mol. The fourth-order valence-corrected chi connectivity index (χ4v) is 4.26. The van der Waals surface area contributed by atoms with Crippen LogP contribution >= 0.6 is 0 Å². The molecule has 1 atom stereocenters. The standard InChI is InChI=1S/C19H39NO/c1-4-7-8-9-10-11-12-15-18(21)19(16-13-14-17-19)20(5-2)6-3/h18,21H,4-17H2,1-3H3. The molecule has 0 bridgehead atoms. The highest BCUT2D eigenvalue weighted by Crippen LogP contribution is 2.39. The Morgan fingerprint density at radius 1 is 0.857 bits per heavy atom. The fourth-order valence-electron chi connectivity index (χ4n) is 4.26. The van der Waals surface area contributed by atoms with E-state index in [1.807, 2.05) is 0 Å². The largest absolute Gasteiger partial charge is 0.391 e. The van der Waals surface area contributed by atoms with Crippen molar-refractivity contribution in [3.8, 4) is 0 Å². The third-order valence-electron chi connectivity index (χ3n) is 5.56. The van der Waals surface area contributed by atoms with E-state index in [4.69, 9.17) is 0 Å². The van der Waals surface area contributed by atoms with Crippen molar-refractivity contribution in [2.75, 3.05) is 13.1 Å². The summed E-state index contributed by atoms with van der Waals surface area (Å²) in [5, 5.41) is 10.8. The Hall–Kier alpha value is -0.0800. The molecule has 1 fully saturated rings. The van der Waals surface area contributed by atoms with Gasteiger partial charge in [-0.15, -0.1) is 0 Å². The van der Waals surface area contributed by atoms with Crippen molar-refractivity contribution in [2.24, 2.45) is 0 Å². The zero-order valence-electron chi connectivity index (χ0n) is 14.9. The first-order chi connectivity index (χ1) is 10.2. The quantitative estimate of drug-likeness (QED) is 0.504. The van der Waals surface area contributed by atoms with E-state index >= 15 is 0 Å². The van der Waals surface area contributed by atoms with Gasteiger partial charge in [0.1, 0.15) is 0 Å². The van der Waals surface area contributed by atoms with Gasteiger partial charge in [0, 0.05) is 5.54 Å². The summed E-state index contributed by atoms with van der Waals surface area (Å²) in [5.41, 5.74) is 0.103. The normalized spacial score (nSPS) is 19.3. The van der Waals surface area contributed by atoms with E-state index < -0.39 is 0 Å². The summed E-state index contributed by atoms with van der Waals surface area (Å²) in [6.45, 7) is 8.90. The van der Waals surface area contributed by atoms with Crippen LogP contribution in [0.25, 0.3) is 0 Å². The molecule has 0 amide bonds. The van der Waals surface area contributed by atoms with Gasteiger partial charge in [-0.1, -0.05) is 78.6 Å². The zero-order valence-corrected chi connectivity index (χ0v) is 14.9. The highest BCUT2D eigenvalue weighted by molar-refractivity contribution is 4.99. The molecule has 0 aromatic carbocycles.